The molecule has 4 aliphatic carbocycles. The lowest BCUT2D eigenvalue weighted by atomic mass is 9.41. The van der Waals surface area contributed by atoms with E-state index in [1.54, 1.807) is 11.1 Å². The first-order chi connectivity index (χ1) is 12.8. The standard InChI is InChI=1S/C27H38/c1-18-11-13-25(3)15-16-27(5)22(23(25)17-18)12-14-26(4)21-8-6-7-19(2)20(21)9-10-24(26)27/h6-8,10,18,22-23H,9,11-17H2,1-5H3. The summed E-state index contributed by atoms with van der Waals surface area (Å²) in [5.41, 5.74) is 7.92. The predicted molar refractivity (Wildman–Crippen MR) is 115 cm³/mol. The molecular formula is C27H38. The molecule has 0 bridgehead atoms. The fraction of sp³-hybridized carbons (Fsp3) is 0.704. The van der Waals surface area contributed by atoms with E-state index in [0.717, 1.165) is 24.2 Å². The summed E-state index contributed by atoms with van der Waals surface area (Å²) in [4.78, 5) is 0. The minimum atomic E-state index is 0.277. The van der Waals surface area contributed by atoms with Crippen molar-refractivity contribution in [2.45, 2.75) is 91.4 Å². The molecule has 5 rings (SSSR count). The molecule has 0 heteroatoms. The Kier molecular flexibility index (Phi) is 3.83. The van der Waals surface area contributed by atoms with E-state index in [9.17, 15) is 0 Å². The first-order valence-electron chi connectivity index (χ1n) is 11.6. The highest BCUT2D eigenvalue weighted by Crippen LogP contribution is 2.68. The Morgan fingerprint density at radius 1 is 0.926 bits per heavy atom. The van der Waals surface area contributed by atoms with Gasteiger partial charge in [-0.25, -0.2) is 0 Å². The van der Waals surface area contributed by atoms with Gasteiger partial charge in [0.25, 0.3) is 0 Å². The summed E-state index contributed by atoms with van der Waals surface area (Å²) >= 11 is 0. The Bertz CT molecular complexity index is 800. The smallest absolute Gasteiger partial charge is 0.0142 e. The Morgan fingerprint density at radius 3 is 2.56 bits per heavy atom. The van der Waals surface area contributed by atoms with Gasteiger partial charge < -0.3 is 0 Å². The van der Waals surface area contributed by atoms with Crippen LogP contribution in [0.15, 0.2) is 29.8 Å². The quantitative estimate of drug-likeness (QED) is 0.422. The summed E-state index contributed by atoms with van der Waals surface area (Å²) < 4.78 is 0. The molecule has 0 N–H and O–H groups in total. The fourth-order valence-electron chi connectivity index (χ4n) is 8.23. The van der Waals surface area contributed by atoms with Crippen LogP contribution < -0.4 is 0 Å². The van der Waals surface area contributed by atoms with E-state index >= 15 is 0 Å². The normalized spacial score (nSPS) is 45.8. The van der Waals surface area contributed by atoms with E-state index in [1.807, 2.05) is 5.57 Å². The van der Waals surface area contributed by atoms with E-state index in [2.05, 4.69) is 58.9 Å². The summed E-state index contributed by atoms with van der Waals surface area (Å²) in [6, 6.07) is 7.07. The maximum absolute atomic E-state index is 2.69. The lowest BCUT2D eigenvalue weighted by Crippen LogP contribution is -2.55. The molecule has 4 aliphatic rings. The highest BCUT2D eigenvalue weighted by Gasteiger charge is 2.59. The highest BCUT2D eigenvalue weighted by atomic mass is 14.6. The molecule has 0 amide bonds. The minimum absolute atomic E-state index is 0.277. The van der Waals surface area contributed by atoms with Crippen molar-refractivity contribution < 1.29 is 0 Å². The molecule has 146 valence electrons. The van der Waals surface area contributed by atoms with Crippen molar-refractivity contribution in [2.75, 3.05) is 0 Å². The second-order valence-corrected chi connectivity index (χ2v) is 11.5. The van der Waals surface area contributed by atoms with Crippen LogP contribution >= 0.6 is 0 Å². The maximum Gasteiger partial charge on any atom is 0.0142 e. The van der Waals surface area contributed by atoms with Crippen LogP contribution in [0.1, 0.15) is 89.3 Å². The summed E-state index contributed by atoms with van der Waals surface area (Å²) in [5, 5.41) is 0. The van der Waals surface area contributed by atoms with Gasteiger partial charge in [0.2, 0.25) is 0 Å². The molecule has 3 fully saturated rings. The Morgan fingerprint density at radius 2 is 1.74 bits per heavy atom. The summed E-state index contributed by atoms with van der Waals surface area (Å²) in [5.74, 6) is 2.79. The van der Waals surface area contributed by atoms with Crippen LogP contribution in [0, 0.1) is 35.5 Å². The van der Waals surface area contributed by atoms with Gasteiger partial charge in [0.1, 0.15) is 0 Å². The molecule has 6 unspecified atom stereocenters. The third-order valence-corrected chi connectivity index (χ3v) is 9.96. The van der Waals surface area contributed by atoms with E-state index in [1.165, 1.54) is 50.5 Å². The summed E-state index contributed by atoms with van der Waals surface area (Å²) in [7, 11) is 0. The summed E-state index contributed by atoms with van der Waals surface area (Å²) in [6.07, 6.45) is 13.9. The van der Waals surface area contributed by atoms with E-state index in [4.69, 9.17) is 0 Å². The van der Waals surface area contributed by atoms with E-state index in [0.29, 0.717) is 10.8 Å². The number of rotatable bonds is 0. The van der Waals surface area contributed by atoms with Gasteiger partial charge in [0, 0.05) is 5.41 Å². The van der Waals surface area contributed by atoms with Crippen molar-refractivity contribution in [1.29, 1.82) is 0 Å². The summed E-state index contributed by atoms with van der Waals surface area (Å²) in [6.45, 7) is 12.7. The molecular weight excluding hydrogens is 324 g/mol. The monoisotopic (exact) mass is 362 g/mol. The Balaban J connectivity index is 1.58. The van der Waals surface area contributed by atoms with Gasteiger partial charge >= 0.3 is 0 Å². The minimum Gasteiger partial charge on any atom is -0.0795 e. The largest absolute Gasteiger partial charge is 0.0795 e. The van der Waals surface area contributed by atoms with Gasteiger partial charge in [-0.05, 0) is 97.1 Å². The highest BCUT2D eigenvalue weighted by molar-refractivity contribution is 5.52. The Hall–Kier alpha value is -1.04. The molecule has 0 radical (unpaired) electrons. The first kappa shape index (κ1) is 18.0. The number of benzene rings is 1. The van der Waals surface area contributed by atoms with Crippen molar-refractivity contribution in [1.82, 2.24) is 0 Å². The Labute approximate surface area is 166 Å². The number of hydrogen-bond donors (Lipinski definition) is 0. The molecule has 0 aliphatic heterocycles. The van der Waals surface area contributed by atoms with Crippen LogP contribution in [0.5, 0.6) is 0 Å². The lowest BCUT2D eigenvalue weighted by Gasteiger charge is -2.64. The lowest BCUT2D eigenvalue weighted by molar-refractivity contribution is -0.0808. The van der Waals surface area contributed by atoms with Gasteiger partial charge in [-0.3, -0.25) is 0 Å². The van der Waals surface area contributed by atoms with Gasteiger partial charge in [-0.1, -0.05) is 64.0 Å². The van der Waals surface area contributed by atoms with E-state index < -0.39 is 0 Å². The van der Waals surface area contributed by atoms with Crippen LogP contribution in [0.3, 0.4) is 0 Å². The second-order valence-electron chi connectivity index (χ2n) is 11.5. The van der Waals surface area contributed by atoms with Gasteiger partial charge in [-0.2, -0.15) is 0 Å². The van der Waals surface area contributed by atoms with Gasteiger partial charge in [-0.15, -0.1) is 0 Å². The average molecular weight is 363 g/mol. The first-order valence-corrected chi connectivity index (χ1v) is 11.6. The molecule has 0 saturated heterocycles. The van der Waals surface area contributed by atoms with Crippen molar-refractivity contribution in [3.8, 4) is 0 Å². The molecule has 1 aromatic rings. The topological polar surface area (TPSA) is 0 Å². The molecule has 3 saturated carbocycles. The molecule has 0 nitrogen and oxygen atoms in total. The van der Waals surface area contributed by atoms with Crippen LogP contribution in [0.4, 0.5) is 0 Å². The zero-order valence-electron chi connectivity index (χ0n) is 18.2. The molecule has 6 atom stereocenters. The second kappa shape index (κ2) is 5.74. The predicted octanol–water partition coefficient (Wildman–Crippen LogP) is 7.39. The SMILES string of the molecule is Cc1cccc2c1CC=C1C2(C)CCC2C3CC(C)CCC3(C)CCC12C. The molecule has 0 spiro atoms. The molecule has 1 aromatic carbocycles. The number of hydrogen-bond acceptors (Lipinski definition) is 0. The van der Waals surface area contributed by atoms with Gasteiger partial charge in [0.15, 0.2) is 0 Å². The zero-order valence-corrected chi connectivity index (χ0v) is 18.2. The van der Waals surface area contributed by atoms with Crippen LogP contribution in [-0.2, 0) is 11.8 Å². The molecule has 0 aromatic heterocycles. The molecule has 27 heavy (non-hydrogen) atoms. The third-order valence-electron chi connectivity index (χ3n) is 9.96. The maximum atomic E-state index is 2.69. The van der Waals surface area contributed by atoms with Crippen LogP contribution in [0.2, 0.25) is 0 Å². The zero-order chi connectivity index (χ0) is 19.0. The van der Waals surface area contributed by atoms with Crippen molar-refractivity contribution in [2.24, 2.45) is 28.6 Å². The fourth-order valence-corrected chi connectivity index (χ4v) is 8.23. The van der Waals surface area contributed by atoms with Crippen molar-refractivity contribution in [3.63, 3.8) is 0 Å². The number of aryl methyl sites for hydroxylation is 1. The average Bonchev–Trinajstić information content (AvgIpc) is 2.63. The van der Waals surface area contributed by atoms with E-state index in [-0.39, 0.29) is 5.41 Å². The van der Waals surface area contributed by atoms with Crippen molar-refractivity contribution >= 4 is 0 Å². The number of allylic oxidation sites excluding steroid dienone is 2. The molecule has 0 heterocycles. The van der Waals surface area contributed by atoms with Crippen LogP contribution in [0.25, 0.3) is 0 Å². The number of fused-ring (bicyclic) bond motifs is 7. The van der Waals surface area contributed by atoms with Crippen molar-refractivity contribution in [3.05, 3.63) is 46.5 Å². The van der Waals surface area contributed by atoms with Gasteiger partial charge in [0.05, 0.1) is 0 Å². The van der Waals surface area contributed by atoms with Crippen LogP contribution in [-0.4, -0.2) is 0 Å². The third kappa shape index (κ3) is 2.34.